The van der Waals surface area contributed by atoms with Crippen molar-refractivity contribution in [3.63, 3.8) is 0 Å². The Morgan fingerprint density at radius 2 is 1.64 bits per heavy atom. The fourth-order valence-corrected chi connectivity index (χ4v) is 6.21. The van der Waals surface area contributed by atoms with Gasteiger partial charge in [-0.05, 0) is 34.4 Å². The zero-order valence-electron chi connectivity index (χ0n) is 25.5. The predicted molar refractivity (Wildman–Crippen MR) is 174 cm³/mol. The van der Waals surface area contributed by atoms with Crippen molar-refractivity contribution in [2.75, 3.05) is 34.4 Å². The van der Waals surface area contributed by atoms with Gasteiger partial charge in [0.1, 0.15) is 11.4 Å². The van der Waals surface area contributed by atoms with E-state index in [-0.39, 0.29) is 48.1 Å². The highest BCUT2D eigenvalue weighted by molar-refractivity contribution is 5.72. The number of H-pyrrole nitrogens is 1. The van der Waals surface area contributed by atoms with Gasteiger partial charge in [-0.3, -0.25) is 9.78 Å². The van der Waals surface area contributed by atoms with Crippen LogP contribution in [0.4, 0.5) is 5.95 Å². The summed E-state index contributed by atoms with van der Waals surface area (Å²) in [5, 5.41) is 10.5. The van der Waals surface area contributed by atoms with Crippen LogP contribution in [0, 0.1) is 11.8 Å². The van der Waals surface area contributed by atoms with Gasteiger partial charge in [0.2, 0.25) is 5.95 Å². The lowest BCUT2D eigenvalue weighted by Crippen LogP contribution is -2.47. The molecule has 0 unspecified atom stereocenters. The third-order valence-corrected chi connectivity index (χ3v) is 8.46. The highest BCUT2D eigenvalue weighted by Crippen LogP contribution is 2.51. The Bertz CT molecular complexity index is 1830. The molecule has 0 saturated heterocycles. The Kier molecular flexibility index (Phi) is 8.34. The maximum absolute atomic E-state index is 12.9. The lowest BCUT2D eigenvalue weighted by molar-refractivity contribution is -0.0502. The van der Waals surface area contributed by atoms with E-state index in [0.717, 1.165) is 28.0 Å². The molecule has 1 aliphatic rings. The van der Waals surface area contributed by atoms with Crippen LogP contribution in [0.1, 0.15) is 22.7 Å². The number of hydrogen-bond acceptors (Lipinski definition) is 7. The van der Waals surface area contributed by atoms with Crippen molar-refractivity contribution in [3.8, 4) is 5.75 Å². The molecule has 3 atom stereocenters. The minimum Gasteiger partial charge on any atom is -0.497 e. The van der Waals surface area contributed by atoms with E-state index >= 15 is 0 Å². The maximum atomic E-state index is 12.9. The number of benzene rings is 3. The van der Waals surface area contributed by atoms with Gasteiger partial charge >= 0.3 is 0 Å². The van der Waals surface area contributed by atoms with Crippen molar-refractivity contribution in [2.24, 2.45) is 16.8 Å². The Morgan fingerprint density at radius 3 is 2.22 bits per heavy atom. The van der Waals surface area contributed by atoms with Crippen LogP contribution in [0.2, 0.25) is 0 Å². The molecule has 6 rings (SSSR count). The average molecular weight is 605 g/mol. The van der Waals surface area contributed by atoms with Crippen LogP contribution in [-0.4, -0.2) is 70.3 Å². The summed E-state index contributed by atoms with van der Waals surface area (Å²) in [7, 11) is 5.31. The van der Waals surface area contributed by atoms with Crippen LogP contribution >= 0.6 is 0 Å². The molecule has 1 saturated carbocycles. The molecular formula is C35H36N6O4. The van der Waals surface area contributed by atoms with Gasteiger partial charge in [-0.1, -0.05) is 79.4 Å². The van der Waals surface area contributed by atoms with Gasteiger partial charge in [0.15, 0.2) is 11.2 Å². The second-order valence-electron chi connectivity index (χ2n) is 11.3. The number of aliphatic imine (C=N–C) groups is 1. The fourth-order valence-electron chi connectivity index (χ4n) is 6.21. The van der Waals surface area contributed by atoms with Gasteiger partial charge in [-0.2, -0.15) is 4.98 Å². The van der Waals surface area contributed by atoms with Crippen molar-refractivity contribution >= 4 is 23.5 Å². The van der Waals surface area contributed by atoms with Crippen molar-refractivity contribution in [2.45, 2.75) is 11.6 Å². The molecule has 1 fully saturated rings. The molecular weight excluding hydrogens is 568 g/mol. The first-order chi connectivity index (χ1) is 21.9. The summed E-state index contributed by atoms with van der Waals surface area (Å²) in [6.45, 7) is 4.50. The van der Waals surface area contributed by atoms with Crippen molar-refractivity contribution < 1.29 is 14.6 Å². The van der Waals surface area contributed by atoms with Gasteiger partial charge in [0, 0.05) is 25.9 Å². The molecule has 10 heteroatoms. The number of ether oxygens (including phenoxy) is 2. The molecule has 2 aromatic heterocycles. The molecule has 3 aromatic carbocycles. The van der Waals surface area contributed by atoms with E-state index in [1.54, 1.807) is 24.7 Å². The number of hydrogen-bond donors (Lipinski definition) is 2. The lowest BCUT2D eigenvalue weighted by atomic mass is 9.66. The highest BCUT2D eigenvalue weighted by Gasteiger charge is 2.48. The number of aliphatic hydroxyl groups excluding tert-OH is 1. The number of methoxy groups -OCH3 is 1. The summed E-state index contributed by atoms with van der Waals surface area (Å²) in [6, 6.07) is 27.8. The molecule has 2 N–H and O–H groups in total. The van der Waals surface area contributed by atoms with Gasteiger partial charge < -0.3 is 24.0 Å². The first-order valence-corrected chi connectivity index (χ1v) is 14.7. The van der Waals surface area contributed by atoms with E-state index < -0.39 is 5.60 Å². The van der Waals surface area contributed by atoms with Crippen LogP contribution in [0.5, 0.6) is 5.75 Å². The Hall–Kier alpha value is -5.06. The minimum atomic E-state index is -0.975. The van der Waals surface area contributed by atoms with Gasteiger partial charge in [0.25, 0.3) is 5.56 Å². The summed E-state index contributed by atoms with van der Waals surface area (Å²) >= 11 is 0. The number of aliphatic hydroxyl groups is 1. The largest absolute Gasteiger partial charge is 0.497 e. The van der Waals surface area contributed by atoms with Gasteiger partial charge in [0.05, 0.1) is 39.0 Å². The third kappa shape index (κ3) is 5.43. The number of aromatic nitrogens is 4. The summed E-state index contributed by atoms with van der Waals surface area (Å²) in [4.78, 5) is 30.6. The molecule has 10 nitrogen and oxygen atoms in total. The monoisotopic (exact) mass is 604 g/mol. The Labute approximate surface area is 261 Å². The standard InChI is InChI=1S/C35H36N6O4/c1-23-28(19-42)29(31(23)41-22-36-30-32(41)38-34(39-33(30)43)37-21-40(2)3)20-45-35(24-11-7-5-8-12-24,25-13-9-6-10-14-25)26-15-17-27(44-4)18-16-26/h5-18,21-22,28-29,31,42H,1,19-20H2,2-4H3,(H,38,39,43)/b37-21+/t28-,29+,31+/m0/s1. The molecule has 0 radical (unpaired) electrons. The third-order valence-electron chi connectivity index (χ3n) is 8.46. The fraction of sp³-hybridized carbons (Fsp3) is 0.257. The molecule has 0 spiro atoms. The van der Waals surface area contributed by atoms with Crippen molar-refractivity contribution in [1.82, 2.24) is 24.4 Å². The van der Waals surface area contributed by atoms with Crippen LogP contribution in [0.25, 0.3) is 11.2 Å². The predicted octanol–water partition coefficient (Wildman–Crippen LogP) is 4.69. The van der Waals surface area contributed by atoms with Crippen LogP contribution in [-0.2, 0) is 10.3 Å². The molecule has 45 heavy (non-hydrogen) atoms. The normalized spacial score (nSPS) is 18.3. The second kappa shape index (κ2) is 12.5. The molecule has 1 aliphatic carbocycles. The Morgan fingerprint density at radius 1 is 1.02 bits per heavy atom. The van der Waals surface area contributed by atoms with Gasteiger partial charge in [-0.15, -0.1) is 0 Å². The molecule has 230 valence electrons. The van der Waals surface area contributed by atoms with E-state index in [1.165, 1.54) is 0 Å². The lowest BCUT2D eigenvalue weighted by Gasteiger charge is -2.48. The summed E-state index contributed by atoms with van der Waals surface area (Å²) in [5.41, 5.74) is 2.91. The molecule has 2 heterocycles. The molecule has 0 aliphatic heterocycles. The number of fused-ring (bicyclic) bond motifs is 1. The molecule has 0 bridgehead atoms. The first-order valence-electron chi connectivity index (χ1n) is 14.7. The van der Waals surface area contributed by atoms with E-state index in [4.69, 9.17) is 9.47 Å². The van der Waals surface area contributed by atoms with Gasteiger partial charge in [-0.25, -0.2) is 9.98 Å². The topological polar surface area (TPSA) is 118 Å². The van der Waals surface area contributed by atoms with E-state index in [2.05, 4.69) is 50.8 Å². The number of nitrogens with zero attached hydrogens (tertiary/aromatic N) is 5. The SMILES string of the molecule is C=C1[C@@H](n2cnc3c(=O)[nH]c(/N=C/N(C)C)nc32)[C@H](COC(c2ccccc2)(c2ccccc2)c2ccc(OC)cc2)[C@H]1CO. The number of rotatable bonds is 11. The average Bonchev–Trinajstić information content (AvgIpc) is 3.48. The number of nitrogens with one attached hydrogen (secondary N) is 1. The van der Waals surface area contributed by atoms with Crippen LogP contribution < -0.4 is 10.3 Å². The zero-order valence-corrected chi connectivity index (χ0v) is 25.5. The number of imidazole rings is 1. The van der Waals surface area contributed by atoms with Crippen molar-refractivity contribution in [1.29, 1.82) is 0 Å². The van der Waals surface area contributed by atoms with E-state index in [9.17, 15) is 9.90 Å². The van der Waals surface area contributed by atoms with Crippen molar-refractivity contribution in [3.05, 3.63) is 130 Å². The quantitative estimate of drug-likeness (QED) is 0.0972. The van der Waals surface area contributed by atoms with E-state index in [1.807, 2.05) is 79.3 Å². The number of aromatic amines is 1. The first kappa shape index (κ1) is 30.0. The summed E-state index contributed by atoms with van der Waals surface area (Å²) in [6.07, 6.45) is 3.17. The van der Waals surface area contributed by atoms with E-state index in [0.29, 0.717) is 5.65 Å². The summed E-state index contributed by atoms with van der Waals surface area (Å²) < 4.78 is 14.5. The van der Waals surface area contributed by atoms with Crippen LogP contribution in [0.3, 0.4) is 0 Å². The minimum absolute atomic E-state index is 0.0887. The zero-order chi connectivity index (χ0) is 31.6. The second-order valence-corrected chi connectivity index (χ2v) is 11.3. The maximum Gasteiger partial charge on any atom is 0.280 e. The Balaban J connectivity index is 1.43. The van der Waals surface area contributed by atoms with Crippen LogP contribution in [0.15, 0.2) is 113 Å². The molecule has 5 aromatic rings. The highest BCUT2D eigenvalue weighted by atomic mass is 16.5. The molecule has 0 amide bonds. The smallest absolute Gasteiger partial charge is 0.280 e. The summed E-state index contributed by atoms with van der Waals surface area (Å²) in [5.74, 6) is 0.500.